The van der Waals surface area contributed by atoms with Gasteiger partial charge in [0.1, 0.15) is 11.6 Å². The van der Waals surface area contributed by atoms with E-state index in [-0.39, 0.29) is 5.82 Å². The Kier molecular flexibility index (Phi) is 4.71. The van der Waals surface area contributed by atoms with E-state index >= 15 is 0 Å². The maximum Gasteiger partial charge on any atom is 0.141 e. The summed E-state index contributed by atoms with van der Waals surface area (Å²) in [7, 11) is 6.07. The summed E-state index contributed by atoms with van der Waals surface area (Å²) in [5.74, 6) is 0.610. The Labute approximate surface area is 114 Å². The third-order valence-corrected chi connectivity index (χ3v) is 3.76. The van der Waals surface area contributed by atoms with Crippen LogP contribution in [0.5, 0.6) is 0 Å². The third kappa shape index (κ3) is 3.42. The van der Waals surface area contributed by atoms with Gasteiger partial charge in [0.05, 0.1) is 6.20 Å². The van der Waals surface area contributed by atoms with Gasteiger partial charge in [0.15, 0.2) is 0 Å². The fourth-order valence-corrected chi connectivity index (χ4v) is 2.74. The van der Waals surface area contributed by atoms with E-state index in [0.29, 0.717) is 12.6 Å². The van der Waals surface area contributed by atoms with Gasteiger partial charge in [-0.05, 0) is 39.5 Å². The summed E-state index contributed by atoms with van der Waals surface area (Å²) in [5, 5.41) is 3.07. The maximum absolute atomic E-state index is 13.3. The van der Waals surface area contributed by atoms with Crippen molar-refractivity contribution in [1.82, 2.24) is 15.2 Å². The van der Waals surface area contributed by atoms with Gasteiger partial charge >= 0.3 is 0 Å². The zero-order valence-electron chi connectivity index (χ0n) is 12.0. The number of nitrogens with zero attached hydrogens (tertiary/aromatic N) is 3. The molecule has 19 heavy (non-hydrogen) atoms. The van der Waals surface area contributed by atoms with Crippen LogP contribution in [-0.2, 0) is 6.54 Å². The number of hydrogen-bond donors (Lipinski definition) is 1. The average molecular weight is 266 g/mol. The zero-order valence-corrected chi connectivity index (χ0v) is 12.0. The zero-order chi connectivity index (χ0) is 13.8. The highest BCUT2D eigenvalue weighted by molar-refractivity contribution is 5.47. The molecule has 106 valence electrons. The molecule has 1 aliphatic rings. The van der Waals surface area contributed by atoms with Crippen molar-refractivity contribution in [3.63, 3.8) is 0 Å². The summed E-state index contributed by atoms with van der Waals surface area (Å²) in [5.41, 5.74) is 0.915. The van der Waals surface area contributed by atoms with Crippen molar-refractivity contribution in [2.24, 2.45) is 0 Å². The Morgan fingerprint density at radius 2 is 2.37 bits per heavy atom. The van der Waals surface area contributed by atoms with E-state index in [1.807, 2.05) is 7.05 Å². The van der Waals surface area contributed by atoms with Crippen molar-refractivity contribution in [1.29, 1.82) is 0 Å². The Morgan fingerprint density at radius 1 is 1.58 bits per heavy atom. The number of halogens is 1. The van der Waals surface area contributed by atoms with Crippen LogP contribution in [-0.4, -0.2) is 50.2 Å². The van der Waals surface area contributed by atoms with Crippen LogP contribution in [0.4, 0.5) is 10.2 Å². The molecule has 0 spiro atoms. The first-order valence-corrected chi connectivity index (χ1v) is 6.82. The van der Waals surface area contributed by atoms with E-state index in [1.165, 1.54) is 19.0 Å². The second-order valence-corrected chi connectivity index (χ2v) is 5.34. The number of rotatable bonds is 4. The smallest absolute Gasteiger partial charge is 0.141 e. The minimum absolute atomic E-state index is 0.275. The van der Waals surface area contributed by atoms with Crippen molar-refractivity contribution >= 4 is 5.82 Å². The highest BCUT2D eigenvalue weighted by Crippen LogP contribution is 2.23. The predicted octanol–water partition coefficient (Wildman–Crippen LogP) is 1.47. The van der Waals surface area contributed by atoms with Gasteiger partial charge in [-0.1, -0.05) is 0 Å². The van der Waals surface area contributed by atoms with Gasteiger partial charge in [0.25, 0.3) is 0 Å². The standard InChI is InChI=1S/C14H23FN4/c1-16-8-11-7-12(15)9-17-14(11)19(3)13-5-4-6-18(2)10-13/h7,9,13,16H,4-6,8,10H2,1-3H3. The molecule has 1 atom stereocenters. The van der Waals surface area contributed by atoms with E-state index < -0.39 is 0 Å². The molecule has 2 rings (SSSR count). The molecule has 0 aliphatic carbocycles. The molecule has 0 saturated carbocycles. The summed E-state index contributed by atoms with van der Waals surface area (Å²) in [6.07, 6.45) is 3.67. The van der Waals surface area contributed by atoms with Crippen molar-refractivity contribution in [2.45, 2.75) is 25.4 Å². The lowest BCUT2D eigenvalue weighted by molar-refractivity contribution is 0.247. The molecule has 1 aliphatic heterocycles. The molecule has 1 saturated heterocycles. The second-order valence-electron chi connectivity index (χ2n) is 5.34. The summed E-state index contributed by atoms with van der Waals surface area (Å²) < 4.78 is 13.3. The van der Waals surface area contributed by atoms with Gasteiger partial charge in [-0.25, -0.2) is 9.37 Å². The van der Waals surface area contributed by atoms with E-state index in [1.54, 1.807) is 6.07 Å². The fraction of sp³-hybridized carbons (Fsp3) is 0.643. The number of nitrogens with one attached hydrogen (secondary N) is 1. The average Bonchev–Trinajstić information content (AvgIpc) is 2.39. The van der Waals surface area contributed by atoms with Crippen molar-refractivity contribution in [3.8, 4) is 0 Å². The summed E-state index contributed by atoms with van der Waals surface area (Å²) in [6, 6.07) is 2.02. The Hall–Kier alpha value is -1.20. The van der Waals surface area contributed by atoms with Crippen molar-refractivity contribution in [3.05, 3.63) is 23.6 Å². The van der Waals surface area contributed by atoms with Crippen LogP contribution >= 0.6 is 0 Å². The first kappa shape index (κ1) is 14.2. The fourth-order valence-electron chi connectivity index (χ4n) is 2.74. The van der Waals surface area contributed by atoms with E-state index in [0.717, 1.165) is 24.5 Å². The molecular formula is C14H23FN4. The van der Waals surface area contributed by atoms with Gasteiger partial charge < -0.3 is 15.1 Å². The second kappa shape index (κ2) is 6.30. The number of likely N-dealkylation sites (N-methyl/N-ethyl adjacent to an activating group) is 2. The molecular weight excluding hydrogens is 243 g/mol. The maximum atomic E-state index is 13.3. The molecule has 0 amide bonds. The van der Waals surface area contributed by atoms with Gasteiger partial charge in [-0.15, -0.1) is 0 Å². The largest absolute Gasteiger partial charge is 0.355 e. The highest BCUT2D eigenvalue weighted by atomic mass is 19.1. The predicted molar refractivity (Wildman–Crippen MR) is 75.9 cm³/mol. The van der Waals surface area contributed by atoms with Gasteiger partial charge in [-0.2, -0.15) is 0 Å². The monoisotopic (exact) mass is 266 g/mol. The van der Waals surface area contributed by atoms with Gasteiger partial charge in [-0.3, -0.25) is 0 Å². The first-order chi connectivity index (χ1) is 9.11. The lowest BCUT2D eigenvalue weighted by Gasteiger charge is -2.37. The molecule has 0 radical (unpaired) electrons. The van der Waals surface area contributed by atoms with Crippen LogP contribution < -0.4 is 10.2 Å². The van der Waals surface area contributed by atoms with E-state index in [4.69, 9.17) is 0 Å². The van der Waals surface area contributed by atoms with Crippen LogP contribution in [0, 0.1) is 5.82 Å². The van der Waals surface area contributed by atoms with Gasteiger partial charge in [0.2, 0.25) is 0 Å². The molecule has 5 heteroatoms. The topological polar surface area (TPSA) is 31.4 Å². The van der Waals surface area contributed by atoms with Gasteiger partial charge in [0, 0.05) is 31.7 Å². The minimum atomic E-state index is -0.275. The van der Waals surface area contributed by atoms with Crippen LogP contribution in [0.25, 0.3) is 0 Å². The summed E-state index contributed by atoms with van der Waals surface area (Å²) in [4.78, 5) is 8.82. The van der Waals surface area contributed by atoms with Crippen LogP contribution in [0.15, 0.2) is 12.3 Å². The molecule has 2 heterocycles. The number of piperidine rings is 1. The molecule has 0 aromatic carbocycles. The first-order valence-electron chi connectivity index (χ1n) is 6.82. The number of pyridine rings is 1. The Morgan fingerprint density at radius 3 is 3.05 bits per heavy atom. The van der Waals surface area contributed by atoms with Crippen LogP contribution in [0.1, 0.15) is 18.4 Å². The SMILES string of the molecule is CNCc1cc(F)cnc1N(C)C1CCCN(C)C1. The third-order valence-electron chi connectivity index (χ3n) is 3.76. The van der Waals surface area contributed by atoms with Crippen molar-refractivity contribution < 1.29 is 4.39 Å². The number of hydrogen-bond acceptors (Lipinski definition) is 4. The van der Waals surface area contributed by atoms with Crippen LogP contribution in [0.2, 0.25) is 0 Å². The number of aromatic nitrogens is 1. The number of anilines is 1. The molecule has 4 nitrogen and oxygen atoms in total. The summed E-state index contributed by atoms with van der Waals surface area (Å²) >= 11 is 0. The molecule has 1 aromatic heterocycles. The Bertz CT molecular complexity index is 424. The highest BCUT2D eigenvalue weighted by Gasteiger charge is 2.23. The molecule has 1 unspecified atom stereocenters. The van der Waals surface area contributed by atoms with Crippen LogP contribution in [0.3, 0.4) is 0 Å². The quantitative estimate of drug-likeness (QED) is 0.894. The Balaban J connectivity index is 2.19. The number of likely N-dealkylation sites (tertiary alicyclic amines) is 1. The molecule has 1 aromatic rings. The lowest BCUT2D eigenvalue weighted by Crippen LogP contribution is -2.45. The van der Waals surface area contributed by atoms with E-state index in [2.05, 4.69) is 34.2 Å². The van der Waals surface area contributed by atoms with Crippen molar-refractivity contribution in [2.75, 3.05) is 39.1 Å². The molecule has 1 N–H and O–H groups in total. The lowest BCUT2D eigenvalue weighted by atomic mass is 10.0. The van der Waals surface area contributed by atoms with E-state index in [9.17, 15) is 4.39 Å². The normalized spacial score (nSPS) is 20.5. The molecule has 0 bridgehead atoms. The summed E-state index contributed by atoms with van der Waals surface area (Å²) in [6.45, 7) is 2.83. The molecule has 1 fully saturated rings. The minimum Gasteiger partial charge on any atom is -0.355 e.